The molecule has 1 fully saturated rings. The summed E-state index contributed by atoms with van der Waals surface area (Å²) in [6, 6.07) is 12.9. The van der Waals surface area contributed by atoms with Crippen LogP contribution in [0.2, 0.25) is 0 Å². The molecule has 1 aliphatic rings. The lowest BCUT2D eigenvalue weighted by atomic mass is 9.86. The zero-order valence-electron chi connectivity index (χ0n) is 18.5. The van der Waals surface area contributed by atoms with Crippen molar-refractivity contribution in [3.05, 3.63) is 64.7 Å². The molecule has 1 N–H and O–H groups in total. The van der Waals surface area contributed by atoms with Crippen molar-refractivity contribution >= 4 is 15.9 Å². The molecule has 0 radical (unpaired) electrons. The summed E-state index contributed by atoms with van der Waals surface area (Å²) in [6.07, 6.45) is 1.21. The molecule has 0 atom stereocenters. The van der Waals surface area contributed by atoms with E-state index in [1.165, 1.54) is 9.87 Å². The number of nitrogens with one attached hydrogen (secondary N) is 1. The molecule has 1 amide bonds. The van der Waals surface area contributed by atoms with E-state index in [-0.39, 0.29) is 17.4 Å². The fourth-order valence-corrected chi connectivity index (χ4v) is 5.21. The van der Waals surface area contributed by atoms with Gasteiger partial charge in [-0.25, -0.2) is 8.42 Å². The zero-order chi connectivity index (χ0) is 22.1. The predicted molar refractivity (Wildman–Crippen MR) is 120 cm³/mol. The highest BCUT2D eigenvalue weighted by molar-refractivity contribution is 7.89. The molecule has 162 valence electrons. The summed E-state index contributed by atoms with van der Waals surface area (Å²) in [5.74, 6) is -0.106. The predicted octanol–water partition coefficient (Wildman–Crippen LogP) is 4.18. The minimum absolute atomic E-state index is 0.0222. The molecule has 0 saturated carbocycles. The van der Waals surface area contributed by atoms with E-state index < -0.39 is 10.0 Å². The van der Waals surface area contributed by atoms with Crippen LogP contribution in [0.5, 0.6) is 0 Å². The number of sulfonamides is 1. The van der Waals surface area contributed by atoms with E-state index in [1.54, 1.807) is 12.1 Å². The van der Waals surface area contributed by atoms with E-state index in [0.29, 0.717) is 36.4 Å². The first-order valence-corrected chi connectivity index (χ1v) is 11.9. The second-order valence-electron chi connectivity index (χ2n) is 9.23. The van der Waals surface area contributed by atoms with Gasteiger partial charge in [-0.2, -0.15) is 4.31 Å². The first kappa shape index (κ1) is 22.5. The molecule has 0 spiro atoms. The molecule has 2 aromatic carbocycles. The van der Waals surface area contributed by atoms with E-state index >= 15 is 0 Å². The number of nitrogens with zero attached hydrogens (tertiary/aromatic N) is 1. The van der Waals surface area contributed by atoms with Gasteiger partial charge in [0.25, 0.3) is 5.91 Å². The van der Waals surface area contributed by atoms with Gasteiger partial charge in [-0.3, -0.25) is 4.79 Å². The zero-order valence-corrected chi connectivity index (χ0v) is 19.3. The van der Waals surface area contributed by atoms with Gasteiger partial charge in [0.05, 0.1) is 4.90 Å². The molecule has 1 heterocycles. The number of aryl methyl sites for hydroxylation is 2. The highest BCUT2D eigenvalue weighted by Gasteiger charge is 2.30. The van der Waals surface area contributed by atoms with Crippen molar-refractivity contribution < 1.29 is 13.2 Å². The first-order valence-electron chi connectivity index (χ1n) is 10.5. The van der Waals surface area contributed by atoms with Gasteiger partial charge in [0.1, 0.15) is 0 Å². The fraction of sp³-hybridized carbons (Fsp3) is 0.458. The van der Waals surface area contributed by atoms with Gasteiger partial charge in [0, 0.05) is 24.7 Å². The van der Waals surface area contributed by atoms with Crippen LogP contribution in [0, 0.1) is 13.8 Å². The second-order valence-corrected chi connectivity index (χ2v) is 11.2. The SMILES string of the molecule is Cc1ccc(S(=O)(=O)N2CCC(NC(=O)c3ccc(C(C)(C)C)cc3)CC2)cc1C. The van der Waals surface area contributed by atoms with Gasteiger partial charge in [0.15, 0.2) is 0 Å². The normalized spacial score (nSPS) is 16.4. The molecule has 6 heteroatoms. The molecule has 1 aliphatic heterocycles. The molecule has 3 rings (SSSR count). The Bertz CT molecular complexity index is 1010. The molecule has 5 nitrogen and oxygen atoms in total. The van der Waals surface area contributed by atoms with E-state index in [9.17, 15) is 13.2 Å². The van der Waals surface area contributed by atoms with Gasteiger partial charge in [-0.1, -0.05) is 39.0 Å². The van der Waals surface area contributed by atoms with Crippen LogP contribution in [0.25, 0.3) is 0 Å². The molecule has 0 aromatic heterocycles. The Morgan fingerprint density at radius 3 is 2.10 bits per heavy atom. The molecule has 30 heavy (non-hydrogen) atoms. The number of rotatable bonds is 4. The monoisotopic (exact) mass is 428 g/mol. The minimum atomic E-state index is -3.50. The number of hydrogen-bond acceptors (Lipinski definition) is 3. The van der Waals surface area contributed by atoms with Crippen LogP contribution in [0.4, 0.5) is 0 Å². The van der Waals surface area contributed by atoms with Crippen LogP contribution in [0.15, 0.2) is 47.4 Å². The standard InChI is InChI=1S/C24H32N2O3S/c1-17-6-11-22(16-18(17)2)30(28,29)26-14-12-21(13-15-26)25-23(27)19-7-9-20(10-8-19)24(3,4)5/h6-11,16,21H,12-15H2,1-5H3,(H,25,27). The minimum Gasteiger partial charge on any atom is -0.349 e. The van der Waals surface area contributed by atoms with E-state index in [4.69, 9.17) is 0 Å². The molecule has 2 aromatic rings. The van der Waals surface area contributed by atoms with Gasteiger partial charge >= 0.3 is 0 Å². The maximum Gasteiger partial charge on any atom is 0.251 e. The van der Waals surface area contributed by atoms with Crippen LogP contribution in [-0.2, 0) is 15.4 Å². The summed E-state index contributed by atoms with van der Waals surface area (Å²) in [4.78, 5) is 12.9. The molecule has 1 saturated heterocycles. The quantitative estimate of drug-likeness (QED) is 0.794. The van der Waals surface area contributed by atoms with Crippen molar-refractivity contribution in [2.45, 2.75) is 63.8 Å². The second kappa shape index (κ2) is 8.52. The highest BCUT2D eigenvalue weighted by atomic mass is 32.2. The number of hydrogen-bond donors (Lipinski definition) is 1. The third-order valence-electron chi connectivity index (χ3n) is 5.92. The highest BCUT2D eigenvalue weighted by Crippen LogP contribution is 2.24. The number of carbonyl (C=O) groups excluding carboxylic acids is 1. The summed E-state index contributed by atoms with van der Waals surface area (Å²) in [6.45, 7) is 11.1. The molecular weight excluding hydrogens is 396 g/mol. The third-order valence-corrected chi connectivity index (χ3v) is 7.81. The van der Waals surface area contributed by atoms with Crippen molar-refractivity contribution in [3.63, 3.8) is 0 Å². The Morgan fingerprint density at radius 2 is 1.57 bits per heavy atom. The number of piperidine rings is 1. The Hall–Kier alpha value is -2.18. The molecular formula is C24H32N2O3S. The van der Waals surface area contributed by atoms with Crippen molar-refractivity contribution in [2.24, 2.45) is 0 Å². The summed E-state index contributed by atoms with van der Waals surface area (Å²) >= 11 is 0. The third kappa shape index (κ3) is 4.93. The Morgan fingerprint density at radius 1 is 0.967 bits per heavy atom. The Kier molecular flexibility index (Phi) is 6.39. The van der Waals surface area contributed by atoms with Crippen molar-refractivity contribution in [3.8, 4) is 0 Å². The lowest BCUT2D eigenvalue weighted by Crippen LogP contribution is -2.46. The molecule has 0 aliphatic carbocycles. The maximum absolute atomic E-state index is 13.0. The summed E-state index contributed by atoms with van der Waals surface area (Å²) in [7, 11) is -3.50. The number of carbonyl (C=O) groups is 1. The summed E-state index contributed by atoms with van der Waals surface area (Å²) in [5, 5.41) is 3.06. The summed E-state index contributed by atoms with van der Waals surface area (Å²) in [5.41, 5.74) is 3.90. The average molecular weight is 429 g/mol. The Balaban J connectivity index is 1.60. The van der Waals surface area contributed by atoms with Gasteiger partial charge in [-0.05, 0) is 73.1 Å². The Labute approximate surface area is 180 Å². The lowest BCUT2D eigenvalue weighted by molar-refractivity contribution is 0.0924. The average Bonchev–Trinajstić information content (AvgIpc) is 2.70. The van der Waals surface area contributed by atoms with Crippen molar-refractivity contribution in [1.82, 2.24) is 9.62 Å². The number of benzene rings is 2. The lowest BCUT2D eigenvalue weighted by Gasteiger charge is -2.31. The van der Waals surface area contributed by atoms with Crippen molar-refractivity contribution in [1.29, 1.82) is 0 Å². The van der Waals surface area contributed by atoms with E-state index in [2.05, 4.69) is 26.1 Å². The topological polar surface area (TPSA) is 66.5 Å². The van der Waals surface area contributed by atoms with Gasteiger partial charge < -0.3 is 5.32 Å². The van der Waals surface area contributed by atoms with E-state index in [0.717, 1.165) is 11.1 Å². The molecule has 0 unspecified atom stereocenters. The van der Waals surface area contributed by atoms with Crippen LogP contribution >= 0.6 is 0 Å². The number of amides is 1. The van der Waals surface area contributed by atoms with E-state index in [1.807, 2.05) is 44.2 Å². The van der Waals surface area contributed by atoms with Gasteiger partial charge in [-0.15, -0.1) is 0 Å². The summed E-state index contributed by atoms with van der Waals surface area (Å²) < 4.78 is 27.4. The van der Waals surface area contributed by atoms with Crippen molar-refractivity contribution in [2.75, 3.05) is 13.1 Å². The van der Waals surface area contributed by atoms with Crippen LogP contribution in [0.1, 0.15) is 60.7 Å². The maximum atomic E-state index is 13.0. The van der Waals surface area contributed by atoms with Crippen LogP contribution in [0.3, 0.4) is 0 Å². The largest absolute Gasteiger partial charge is 0.349 e. The van der Waals surface area contributed by atoms with Crippen LogP contribution in [-0.4, -0.2) is 37.8 Å². The van der Waals surface area contributed by atoms with Crippen LogP contribution < -0.4 is 5.32 Å². The smallest absolute Gasteiger partial charge is 0.251 e. The van der Waals surface area contributed by atoms with Gasteiger partial charge in [0.2, 0.25) is 10.0 Å². The fourth-order valence-electron chi connectivity index (χ4n) is 3.65. The molecule has 0 bridgehead atoms. The first-order chi connectivity index (χ1) is 14.0.